The van der Waals surface area contributed by atoms with Gasteiger partial charge < -0.3 is 4.74 Å². The summed E-state index contributed by atoms with van der Waals surface area (Å²) in [5.74, 6) is 0.862. The minimum Gasteiger partial charge on any atom is -0.462 e. The second kappa shape index (κ2) is 6.63. The number of ether oxygens (including phenoxy) is 1. The molecule has 0 aliphatic carbocycles. The maximum Gasteiger partial charge on any atom is 0.341 e. The number of thioether (sulfide) groups is 1. The van der Waals surface area contributed by atoms with Crippen LogP contribution >= 0.6 is 11.8 Å². The second-order valence-corrected chi connectivity index (χ2v) is 6.62. The van der Waals surface area contributed by atoms with Crippen LogP contribution < -0.4 is 0 Å². The van der Waals surface area contributed by atoms with Crippen molar-refractivity contribution in [1.82, 2.24) is 14.7 Å². The van der Waals surface area contributed by atoms with Crippen molar-refractivity contribution in [3.05, 3.63) is 17.5 Å². The number of aromatic nitrogens is 2. The lowest BCUT2D eigenvalue weighted by Crippen LogP contribution is -2.44. The molecule has 1 aliphatic rings. The van der Waals surface area contributed by atoms with E-state index >= 15 is 0 Å². The van der Waals surface area contributed by atoms with Crippen LogP contribution in [0.4, 0.5) is 0 Å². The maximum absolute atomic E-state index is 12.0. The summed E-state index contributed by atoms with van der Waals surface area (Å²) in [4.78, 5) is 14.4. The number of nitrogens with zero attached hydrogens (tertiary/aromatic N) is 3. The minimum absolute atomic E-state index is 0.275. The molecule has 0 spiro atoms. The second-order valence-electron chi connectivity index (χ2n) is 5.14. The molecule has 1 saturated heterocycles. The first kappa shape index (κ1) is 15.4. The average molecular weight is 297 g/mol. The Kier molecular flexibility index (Phi) is 5.10. The summed E-state index contributed by atoms with van der Waals surface area (Å²) in [6.07, 6.45) is 1.61. The third kappa shape index (κ3) is 3.17. The number of carbonyl (C=O) groups is 1. The molecule has 0 bridgehead atoms. The Morgan fingerprint density at radius 2 is 2.30 bits per heavy atom. The van der Waals surface area contributed by atoms with Crippen LogP contribution in [-0.4, -0.2) is 50.8 Å². The molecule has 5 nitrogen and oxygen atoms in total. The summed E-state index contributed by atoms with van der Waals surface area (Å²) in [7, 11) is 1.88. The topological polar surface area (TPSA) is 47.4 Å². The van der Waals surface area contributed by atoms with E-state index in [1.54, 1.807) is 10.9 Å². The monoisotopic (exact) mass is 297 g/mol. The number of hydrogen-bond donors (Lipinski definition) is 0. The van der Waals surface area contributed by atoms with Gasteiger partial charge in [0.1, 0.15) is 5.56 Å². The highest BCUT2D eigenvalue weighted by Crippen LogP contribution is 2.26. The van der Waals surface area contributed by atoms with E-state index in [-0.39, 0.29) is 5.97 Å². The molecule has 0 saturated carbocycles. The van der Waals surface area contributed by atoms with E-state index in [2.05, 4.69) is 23.8 Å². The van der Waals surface area contributed by atoms with Crippen molar-refractivity contribution < 1.29 is 9.53 Å². The van der Waals surface area contributed by atoms with Gasteiger partial charge >= 0.3 is 5.97 Å². The molecule has 1 aromatic rings. The summed E-state index contributed by atoms with van der Waals surface area (Å²) in [5.41, 5.74) is 1.53. The highest BCUT2D eigenvalue weighted by Gasteiger charge is 2.27. The van der Waals surface area contributed by atoms with Gasteiger partial charge in [0, 0.05) is 37.2 Å². The minimum atomic E-state index is -0.275. The standard InChI is InChI=1S/C14H23N3O2S/c1-5-19-14(18)12-8-15-16(4)13(12)9-17-6-7-20-11(3)10(17)2/h8,10-11H,5-7,9H2,1-4H3. The predicted molar refractivity (Wildman–Crippen MR) is 81.0 cm³/mol. The van der Waals surface area contributed by atoms with Gasteiger partial charge in [0.05, 0.1) is 18.5 Å². The fourth-order valence-electron chi connectivity index (χ4n) is 2.44. The van der Waals surface area contributed by atoms with Crippen LogP contribution in [-0.2, 0) is 18.3 Å². The van der Waals surface area contributed by atoms with Crippen molar-refractivity contribution in [2.24, 2.45) is 7.05 Å². The SMILES string of the molecule is CCOC(=O)c1cnn(C)c1CN1CCSC(C)C1C. The molecule has 0 radical (unpaired) electrons. The Labute approximate surface area is 124 Å². The van der Waals surface area contributed by atoms with E-state index in [0.29, 0.717) is 23.5 Å². The van der Waals surface area contributed by atoms with Gasteiger partial charge in [0.25, 0.3) is 0 Å². The van der Waals surface area contributed by atoms with Crippen molar-refractivity contribution in [3.8, 4) is 0 Å². The van der Waals surface area contributed by atoms with Crippen molar-refractivity contribution in [2.45, 2.75) is 38.6 Å². The normalized spacial score (nSPS) is 23.8. The number of esters is 1. The van der Waals surface area contributed by atoms with Crippen LogP contribution in [0.3, 0.4) is 0 Å². The fourth-order valence-corrected chi connectivity index (χ4v) is 3.60. The molecule has 0 N–H and O–H groups in total. The van der Waals surface area contributed by atoms with E-state index in [9.17, 15) is 4.79 Å². The zero-order valence-electron chi connectivity index (χ0n) is 12.6. The Morgan fingerprint density at radius 3 is 3.00 bits per heavy atom. The third-order valence-electron chi connectivity index (χ3n) is 3.92. The zero-order chi connectivity index (χ0) is 14.7. The molecule has 2 rings (SSSR count). The molecular weight excluding hydrogens is 274 g/mol. The fraction of sp³-hybridized carbons (Fsp3) is 0.714. The molecule has 112 valence electrons. The van der Waals surface area contributed by atoms with E-state index in [1.165, 1.54) is 0 Å². The van der Waals surface area contributed by atoms with Crippen LogP contribution in [0.5, 0.6) is 0 Å². The van der Waals surface area contributed by atoms with Crippen LogP contribution in [0.2, 0.25) is 0 Å². The quantitative estimate of drug-likeness (QED) is 0.795. The molecule has 1 fully saturated rings. The Morgan fingerprint density at radius 1 is 1.55 bits per heavy atom. The lowest BCUT2D eigenvalue weighted by molar-refractivity contribution is 0.0523. The number of hydrogen-bond acceptors (Lipinski definition) is 5. The van der Waals surface area contributed by atoms with Gasteiger partial charge in [-0.3, -0.25) is 9.58 Å². The molecule has 2 atom stereocenters. The number of aryl methyl sites for hydroxylation is 1. The molecule has 6 heteroatoms. The highest BCUT2D eigenvalue weighted by atomic mass is 32.2. The van der Waals surface area contributed by atoms with Crippen molar-refractivity contribution >= 4 is 17.7 Å². The Balaban J connectivity index is 2.16. The molecule has 2 heterocycles. The predicted octanol–water partition coefficient (Wildman–Crippen LogP) is 1.92. The van der Waals surface area contributed by atoms with Gasteiger partial charge in [-0.15, -0.1) is 0 Å². The van der Waals surface area contributed by atoms with Crippen LogP contribution in [0.25, 0.3) is 0 Å². The summed E-state index contributed by atoms with van der Waals surface area (Å²) in [6.45, 7) is 8.51. The maximum atomic E-state index is 12.0. The summed E-state index contributed by atoms with van der Waals surface area (Å²) in [6, 6.07) is 0.499. The molecule has 2 unspecified atom stereocenters. The summed E-state index contributed by atoms with van der Waals surface area (Å²) >= 11 is 2.01. The Hall–Kier alpha value is -1.01. The first-order valence-corrected chi connectivity index (χ1v) is 8.13. The van der Waals surface area contributed by atoms with Crippen molar-refractivity contribution in [3.63, 3.8) is 0 Å². The first-order valence-electron chi connectivity index (χ1n) is 7.08. The summed E-state index contributed by atoms with van der Waals surface area (Å²) < 4.78 is 6.89. The van der Waals surface area contributed by atoms with Gasteiger partial charge in [0.15, 0.2) is 0 Å². The van der Waals surface area contributed by atoms with Gasteiger partial charge in [-0.1, -0.05) is 6.92 Å². The average Bonchev–Trinajstić information content (AvgIpc) is 2.77. The van der Waals surface area contributed by atoms with Crippen molar-refractivity contribution in [1.29, 1.82) is 0 Å². The highest BCUT2D eigenvalue weighted by molar-refractivity contribution is 8.00. The molecule has 1 aliphatic heterocycles. The van der Waals surface area contributed by atoms with E-state index in [1.807, 2.05) is 25.7 Å². The van der Waals surface area contributed by atoms with Crippen LogP contribution in [0.1, 0.15) is 36.8 Å². The van der Waals surface area contributed by atoms with Crippen LogP contribution in [0, 0.1) is 0 Å². The lowest BCUT2D eigenvalue weighted by atomic mass is 10.1. The first-order chi connectivity index (χ1) is 9.54. The lowest BCUT2D eigenvalue weighted by Gasteiger charge is -2.37. The van der Waals surface area contributed by atoms with Crippen LogP contribution in [0.15, 0.2) is 6.20 Å². The van der Waals surface area contributed by atoms with E-state index in [0.717, 1.165) is 24.5 Å². The van der Waals surface area contributed by atoms with Gasteiger partial charge in [-0.05, 0) is 13.8 Å². The van der Waals surface area contributed by atoms with Gasteiger partial charge in [-0.2, -0.15) is 16.9 Å². The molecule has 1 aromatic heterocycles. The molecular formula is C14H23N3O2S. The zero-order valence-corrected chi connectivity index (χ0v) is 13.4. The number of carbonyl (C=O) groups excluding carboxylic acids is 1. The molecule has 0 amide bonds. The largest absolute Gasteiger partial charge is 0.462 e. The van der Waals surface area contributed by atoms with Crippen molar-refractivity contribution in [2.75, 3.05) is 18.9 Å². The van der Waals surface area contributed by atoms with Gasteiger partial charge in [-0.25, -0.2) is 4.79 Å². The molecule has 20 heavy (non-hydrogen) atoms. The molecule has 0 aromatic carbocycles. The third-order valence-corrected chi connectivity index (χ3v) is 5.26. The smallest absolute Gasteiger partial charge is 0.341 e. The Bertz CT molecular complexity index is 475. The van der Waals surface area contributed by atoms with E-state index in [4.69, 9.17) is 4.74 Å². The van der Waals surface area contributed by atoms with E-state index < -0.39 is 0 Å². The number of rotatable bonds is 4. The summed E-state index contributed by atoms with van der Waals surface area (Å²) in [5, 5.41) is 4.83. The van der Waals surface area contributed by atoms with Gasteiger partial charge in [0.2, 0.25) is 0 Å².